The minimum absolute atomic E-state index is 0.0643. The molecule has 1 aromatic carbocycles. The number of hydrogen-bond acceptors (Lipinski definition) is 4. The maximum Gasteiger partial charge on any atom is 0.237 e. The Labute approximate surface area is 118 Å². The zero-order valence-electron chi connectivity index (χ0n) is 11.6. The molecule has 1 atom stereocenters. The zero-order chi connectivity index (χ0) is 13.9. The summed E-state index contributed by atoms with van der Waals surface area (Å²) in [5.74, 6) is 1.64. The highest BCUT2D eigenvalue weighted by molar-refractivity contribution is 5.81. The summed E-state index contributed by atoms with van der Waals surface area (Å²) in [5.41, 5.74) is 1.02. The van der Waals surface area contributed by atoms with Crippen molar-refractivity contribution in [2.45, 2.75) is 38.4 Å². The van der Waals surface area contributed by atoms with Crippen LogP contribution in [0.25, 0.3) is 0 Å². The topological polar surface area (TPSA) is 59.6 Å². The molecule has 1 aliphatic heterocycles. The SMILES string of the molecule is CC(NCc1cccc2c1OCCO2)C(=O)NC1CC1. The molecule has 0 aromatic heterocycles. The number of nitrogens with one attached hydrogen (secondary N) is 2. The molecule has 3 rings (SSSR count). The van der Waals surface area contributed by atoms with Gasteiger partial charge in [-0.2, -0.15) is 0 Å². The smallest absolute Gasteiger partial charge is 0.237 e. The van der Waals surface area contributed by atoms with Crippen LogP contribution in [0.15, 0.2) is 18.2 Å². The van der Waals surface area contributed by atoms with Crippen molar-refractivity contribution in [3.63, 3.8) is 0 Å². The Kier molecular flexibility index (Phi) is 3.78. The van der Waals surface area contributed by atoms with Crippen LogP contribution in [-0.2, 0) is 11.3 Å². The quantitative estimate of drug-likeness (QED) is 0.849. The lowest BCUT2D eigenvalue weighted by atomic mass is 10.1. The van der Waals surface area contributed by atoms with E-state index in [4.69, 9.17) is 9.47 Å². The Morgan fingerprint density at radius 1 is 1.35 bits per heavy atom. The van der Waals surface area contributed by atoms with Gasteiger partial charge in [0.1, 0.15) is 13.2 Å². The molecule has 1 fully saturated rings. The number of para-hydroxylation sites is 1. The van der Waals surface area contributed by atoms with Gasteiger partial charge in [-0.3, -0.25) is 4.79 Å². The summed E-state index contributed by atoms with van der Waals surface area (Å²) in [6.07, 6.45) is 2.21. The summed E-state index contributed by atoms with van der Waals surface area (Å²) in [5, 5.41) is 6.23. The number of hydrogen-bond donors (Lipinski definition) is 2. The minimum Gasteiger partial charge on any atom is -0.486 e. The minimum atomic E-state index is -0.212. The highest BCUT2D eigenvalue weighted by Crippen LogP contribution is 2.33. The summed E-state index contributed by atoms with van der Waals surface area (Å²) >= 11 is 0. The fourth-order valence-electron chi connectivity index (χ4n) is 2.18. The third-order valence-corrected chi connectivity index (χ3v) is 3.56. The number of benzene rings is 1. The van der Waals surface area contributed by atoms with Gasteiger partial charge in [0.15, 0.2) is 11.5 Å². The first-order valence-corrected chi connectivity index (χ1v) is 7.15. The largest absolute Gasteiger partial charge is 0.486 e. The van der Waals surface area contributed by atoms with Crippen LogP contribution in [0.3, 0.4) is 0 Å². The first-order chi connectivity index (χ1) is 9.74. The molecule has 0 spiro atoms. The molecule has 1 aliphatic carbocycles. The van der Waals surface area contributed by atoms with Crippen LogP contribution in [-0.4, -0.2) is 31.2 Å². The number of carbonyl (C=O) groups is 1. The van der Waals surface area contributed by atoms with Crippen molar-refractivity contribution in [3.8, 4) is 11.5 Å². The van der Waals surface area contributed by atoms with Crippen LogP contribution in [0.5, 0.6) is 11.5 Å². The number of amides is 1. The van der Waals surface area contributed by atoms with Gasteiger partial charge in [-0.15, -0.1) is 0 Å². The van der Waals surface area contributed by atoms with E-state index in [1.165, 1.54) is 0 Å². The van der Waals surface area contributed by atoms with E-state index in [-0.39, 0.29) is 11.9 Å². The van der Waals surface area contributed by atoms with Crippen LogP contribution in [0.1, 0.15) is 25.3 Å². The van der Waals surface area contributed by atoms with Gasteiger partial charge >= 0.3 is 0 Å². The van der Waals surface area contributed by atoms with E-state index in [1.54, 1.807) is 0 Å². The Morgan fingerprint density at radius 3 is 2.95 bits per heavy atom. The summed E-state index contributed by atoms with van der Waals surface area (Å²) in [6.45, 7) is 3.63. The van der Waals surface area contributed by atoms with Crippen LogP contribution >= 0.6 is 0 Å². The molecule has 1 aromatic rings. The number of carbonyl (C=O) groups excluding carboxylic acids is 1. The van der Waals surface area contributed by atoms with Crippen LogP contribution in [0.2, 0.25) is 0 Å². The van der Waals surface area contributed by atoms with Gasteiger partial charge in [-0.1, -0.05) is 12.1 Å². The zero-order valence-corrected chi connectivity index (χ0v) is 11.6. The molecular formula is C15H20N2O3. The van der Waals surface area contributed by atoms with Gasteiger partial charge in [0, 0.05) is 18.2 Å². The van der Waals surface area contributed by atoms with Crippen molar-refractivity contribution in [1.29, 1.82) is 0 Å². The van der Waals surface area contributed by atoms with Gasteiger partial charge in [0.2, 0.25) is 5.91 Å². The van der Waals surface area contributed by atoms with Gasteiger partial charge in [0.25, 0.3) is 0 Å². The molecule has 0 saturated heterocycles. The molecule has 2 aliphatic rings. The molecule has 20 heavy (non-hydrogen) atoms. The number of rotatable bonds is 5. The second-order valence-corrected chi connectivity index (χ2v) is 5.33. The first kappa shape index (κ1) is 13.2. The lowest BCUT2D eigenvalue weighted by Gasteiger charge is -2.22. The average Bonchev–Trinajstić information content (AvgIpc) is 3.28. The van der Waals surface area contributed by atoms with E-state index in [2.05, 4.69) is 10.6 Å². The first-order valence-electron chi connectivity index (χ1n) is 7.15. The maximum atomic E-state index is 11.9. The van der Waals surface area contributed by atoms with Gasteiger partial charge < -0.3 is 20.1 Å². The van der Waals surface area contributed by atoms with E-state index < -0.39 is 0 Å². The van der Waals surface area contributed by atoms with Gasteiger partial charge in [-0.05, 0) is 25.8 Å². The molecule has 1 amide bonds. The van der Waals surface area contributed by atoms with Crippen molar-refractivity contribution in [1.82, 2.24) is 10.6 Å². The summed E-state index contributed by atoms with van der Waals surface area (Å²) in [6, 6.07) is 6.02. The fraction of sp³-hybridized carbons (Fsp3) is 0.533. The fourth-order valence-corrected chi connectivity index (χ4v) is 2.18. The third-order valence-electron chi connectivity index (χ3n) is 3.56. The van der Waals surface area contributed by atoms with Crippen LogP contribution < -0.4 is 20.1 Å². The van der Waals surface area contributed by atoms with E-state index >= 15 is 0 Å². The van der Waals surface area contributed by atoms with Crippen molar-refractivity contribution < 1.29 is 14.3 Å². The Bertz CT molecular complexity index is 500. The molecule has 2 N–H and O–H groups in total. The highest BCUT2D eigenvalue weighted by atomic mass is 16.6. The monoisotopic (exact) mass is 276 g/mol. The molecule has 5 nitrogen and oxygen atoms in total. The predicted molar refractivity (Wildman–Crippen MR) is 74.9 cm³/mol. The van der Waals surface area contributed by atoms with E-state index in [1.807, 2.05) is 25.1 Å². The molecule has 1 heterocycles. The normalized spacial score (nSPS) is 18.4. The summed E-state index contributed by atoms with van der Waals surface area (Å²) < 4.78 is 11.2. The van der Waals surface area contributed by atoms with E-state index in [0.29, 0.717) is 25.8 Å². The molecule has 108 valence electrons. The lowest BCUT2D eigenvalue weighted by molar-refractivity contribution is -0.122. The number of fused-ring (bicyclic) bond motifs is 1. The van der Waals surface area contributed by atoms with Crippen molar-refractivity contribution in [3.05, 3.63) is 23.8 Å². The Hall–Kier alpha value is -1.75. The standard InChI is InChI=1S/C15H20N2O3/c1-10(15(18)17-12-5-6-12)16-9-11-3-2-4-13-14(11)20-8-7-19-13/h2-4,10,12,16H,5-9H2,1H3,(H,17,18). The van der Waals surface area contributed by atoms with E-state index in [0.717, 1.165) is 29.9 Å². The molecule has 0 radical (unpaired) electrons. The molecule has 5 heteroatoms. The second kappa shape index (κ2) is 5.71. The van der Waals surface area contributed by atoms with Crippen LogP contribution in [0.4, 0.5) is 0 Å². The maximum absolute atomic E-state index is 11.9. The average molecular weight is 276 g/mol. The predicted octanol–water partition coefficient (Wildman–Crippen LogP) is 1.21. The van der Waals surface area contributed by atoms with Crippen molar-refractivity contribution in [2.75, 3.05) is 13.2 Å². The Balaban J connectivity index is 1.58. The molecule has 1 saturated carbocycles. The highest BCUT2D eigenvalue weighted by Gasteiger charge is 2.25. The van der Waals surface area contributed by atoms with Crippen molar-refractivity contribution in [2.24, 2.45) is 0 Å². The van der Waals surface area contributed by atoms with Crippen LogP contribution in [0, 0.1) is 0 Å². The van der Waals surface area contributed by atoms with Gasteiger partial charge in [-0.25, -0.2) is 0 Å². The Morgan fingerprint density at radius 2 is 2.15 bits per heavy atom. The van der Waals surface area contributed by atoms with Crippen molar-refractivity contribution >= 4 is 5.91 Å². The third kappa shape index (κ3) is 3.04. The van der Waals surface area contributed by atoms with E-state index in [9.17, 15) is 4.79 Å². The second-order valence-electron chi connectivity index (χ2n) is 5.33. The van der Waals surface area contributed by atoms with Gasteiger partial charge in [0.05, 0.1) is 6.04 Å². The molecule has 0 bridgehead atoms. The summed E-state index contributed by atoms with van der Waals surface area (Å²) in [7, 11) is 0. The summed E-state index contributed by atoms with van der Waals surface area (Å²) in [4.78, 5) is 11.9. The lowest BCUT2D eigenvalue weighted by Crippen LogP contribution is -2.42. The number of ether oxygens (including phenoxy) is 2. The molecule has 1 unspecified atom stereocenters. The molecular weight excluding hydrogens is 256 g/mol.